The van der Waals surface area contributed by atoms with Gasteiger partial charge in [-0.15, -0.1) is 0 Å². The third-order valence-electron chi connectivity index (χ3n) is 4.30. The summed E-state index contributed by atoms with van der Waals surface area (Å²) >= 11 is 0. The molecule has 1 heterocycles. The van der Waals surface area contributed by atoms with Crippen LogP contribution in [0.25, 0.3) is 22.4 Å². The number of amides is 1. The number of nitrogens with one attached hydrogen (secondary N) is 1. The number of primary amides is 1. The van der Waals surface area contributed by atoms with Crippen molar-refractivity contribution in [2.45, 2.75) is 13.1 Å². The van der Waals surface area contributed by atoms with Crippen LogP contribution in [0.15, 0.2) is 48.5 Å². The average Bonchev–Trinajstić information content (AvgIpc) is 3.02. The fourth-order valence-corrected chi connectivity index (χ4v) is 2.90. The number of rotatable bonds is 4. The minimum absolute atomic E-state index is 0.318. The van der Waals surface area contributed by atoms with Gasteiger partial charge in [-0.3, -0.25) is 4.79 Å². The number of methoxy groups -OCH3 is 1. The van der Waals surface area contributed by atoms with E-state index in [1.54, 1.807) is 31.2 Å². The van der Waals surface area contributed by atoms with Gasteiger partial charge in [0, 0.05) is 11.3 Å². The molecule has 0 unspecified atom stereocenters. The second-order valence-electron chi connectivity index (χ2n) is 6.10. The molecule has 1 amide bonds. The third-order valence-corrected chi connectivity index (χ3v) is 4.30. The zero-order valence-electron chi connectivity index (χ0n) is 14.6. The summed E-state index contributed by atoms with van der Waals surface area (Å²) in [7, 11) is 1.50. The highest BCUT2D eigenvalue weighted by molar-refractivity contribution is 5.94. The van der Waals surface area contributed by atoms with Gasteiger partial charge in [-0.1, -0.05) is 18.2 Å². The van der Waals surface area contributed by atoms with Crippen LogP contribution >= 0.6 is 0 Å². The highest BCUT2D eigenvalue weighted by atomic mass is 19.4. The topological polar surface area (TPSA) is 68.1 Å². The van der Waals surface area contributed by atoms with E-state index in [9.17, 15) is 18.0 Å². The number of halogens is 3. The molecule has 0 spiro atoms. The summed E-state index contributed by atoms with van der Waals surface area (Å²) in [6.45, 7) is 1.77. The number of alkyl halides is 3. The van der Waals surface area contributed by atoms with Gasteiger partial charge in [-0.05, 0) is 53.9 Å². The van der Waals surface area contributed by atoms with Gasteiger partial charge in [0.25, 0.3) is 5.91 Å². The molecule has 0 bridgehead atoms. The minimum Gasteiger partial charge on any atom is -0.496 e. The third kappa shape index (κ3) is 3.67. The van der Waals surface area contributed by atoms with Crippen molar-refractivity contribution in [1.82, 2.24) is 4.98 Å². The number of carbonyl (C=O) groups is 1. The van der Waals surface area contributed by atoms with E-state index in [1.807, 2.05) is 0 Å². The maximum absolute atomic E-state index is 12.7. The fourth-order valence-electron chi connectivity index (χ4n) is 2.90. The van der Waals surface area contributed by atoms with Crippen LogP contribution in [0.1, 0.15) is 21.6 Å². The zero-order valence-corrected chi connectivity index (χ0v) is 14.6. The molecular weight excluding hydrogens is 357 g/mol. The normalized spacial score (nSPS) is 11.4. The lowest BCUT2D eigenvalue weighted by Gasteiger charge is -2.11. The van der Waals surface area contributed by atoms with Crippen LogP contribution in [-0.2, 0) is 6.18 Å². The molecule has 0 aliphatic carbocycles. The van der Waals surface area contributed by atoms with Gasteiger partial charge in [0.15, 0.2) is 0 Å². The van der Waals surface area contributed by atoms with Crippen molar-refractivity contribution in [3.63, 3.8) is 0 Å². The highest BCUT2D eigenvalue weighted by Crippen LogP contribution is 2.36. The maximum atomic E-state index is 12.7. The molecule has 0 saturated carbocycles. The molecule has 4 nitrogen and oxygen atoms in total. The number of aromatic nitrogens is 1. The van der Waals surface area contributed by atoms with Crippen molar-refractivity contribution in [2.75, 3.05) is 7.11 Å². The molecule has 0 atom stereocenters. The van der Waals surface area contributed by atoms with Gasteiger partial charge in [0.1, 0.15) is 11.4 Å². The standard InChI is InChI=1S/C20H17F3N2O2/c1-11-9-16(25-18(11)19(24)26)15-8-5-13(10-17(15)27-2)12-3-6-14(7-4-12)20(21,22)23/h3-10,25H,1-2H3,(H2,24,26). The molecule has 0 aliphatic rings. The summed E-state index contributed by atoms with van der Waals surface area (Å²) in [6.07, 6.45) is -4.37. The predicted octanol–water partition coefficient (Wildman–Crippen LogP) is 4.78. The van der Waals surface area contributed by atoms with Crippen molar-refractivity contribution in [3.8, 4) is 28.1 Å². The molecule has 27 heavy (non-hydrogen) atoms. The Bertz CT molecular complexity index is 989. The van der Waals surface area contributed by atoms with Crippen LogP contribution in [0.5, 0.6) is 5.75 Å². The SMILES string of the molecule is COc1cc(-c2ccc(C(F)(F)F)cc2)ccc1-c1cc(C)c(C(N)=O)[nH]1. The largest absolute Gasteiger partial charge is 0.496 e. The van der Waals surface area contributed by atoms with Gasteiger partial charge in [-0.25, -0.2) is 0 Å². The fraction of sp³-hybridized carbons (Fsp3) is 0.150. The molecule has 0 saturated heterocycles. The number of hydrogen-bond acceptors (Lipinski definition) is 2. The molecule has 0 aliphatic heterocycles. The molecule has 1 aromatic heterocycles. The number of ether oxygens (including phenoxy) is 1. The summed E-state index contributed by atoms with van der Waals surface area (Å²) in [5.74, 6) is -0.0382. The first-order chi connectivity index (χ1) is 12.7. The number of aromatic amines is 1. The lowest BCUT2D eigenvalue weighted by Crippen LogP contribution is -2.12. The van der Waals surface area contributed by atoms with Crippen LogP contribution in [0.4, 0.5) is 13.2 Å². The van der Waals surface area contributed by atoms with Crippen molar-refractivity contribution < 1.29 is 22.7 Å². The number of hydrogen-bond donors (Lipinski definition) is 2. The monoisotopic (exact) mass is 374 g/mol. The number of benzene rings is 2. The van der Waals surface area contributed by atoms with E-state index in [1.165, 1.54) is 19.2 Å². The molecule has 2 aromatic carbocycles. The zero-order chi connectivity index (χ0) is 19.8. The Balaban J connectivity index is 2.00. The summed E-state index contributed by atoms with van der Waals surface area (Å²) in [6, 6.07) is 12.0. The van der Waals surface area contributed by atoms with E-state index in [4.69, 9.17) is 10.5 Å². The molecule has 3 N–H and O–H groups in total. The predicted molar refractivity (Wildman–Crippen MR) is 96.5 cm³/mol. The molecule has 140 valence electrons. The van der Waals surface area contributed by atoms with Gasteiger partial charge in [0.05, 0.1) is 12.7 Å². The lowest BCUT2D eigenvalue weighted by atomic mass is 10.0. The van der Waals surface area contributed by atoms with Crippen molar-refractivity contribution in [1.29, 1.82) is 0 Å². The van der Waals surface area contributed by atoms with E-state index in [0.717, 1.165) is 12.1 Å². The Morgan fingerprint density at radius 2 is 1.67 bits per heavy atom. The second-order valence-corrected chi connectivity index (χ2v) is 6.10. The number of nitrogens with two attached hydrogens (primary N) is 1. The first kappa shape index (κ1) is 18.6. The molecular formula is C20H17F3N2O2. The Morgan fingerprint density at radius 3 is 2.19 bits per heavy atom. The maximum Gasteiger partial charge on any atom is 0.416 e. The van der Waals surface area contributed by atoms with Crippen molar-refractivity contribution in [2.24, 2.45) is 5.73 Å². The summed E-state index contributed by atoms with van der Waals surface area (Å²) in [4.78, 5) is 14.4. The first-order valence-electron chi connectivity index (χ1n) is 8.06. The minimum atomic E-state index is -4.37. The van der Waals surface area contributed by atoms with Gasteiger partial charge >= 0.3 is 6.18 Å². The van der Waals surface area contributed by atoms with E-state index in [-0.39, 0.29) is 0 Å². The van der Waals surface area contributed by atoms with E-state index in [2.05, 4.69) is 4.98 Å². The van der Waals surface area contributed by atoms with E-state index >= 15 is 0 Å². The van der Waals surface area contributed by atoms with Gasteiger partial charge < -0.3 is 15.5 Å². The van der Waals surface area contributed by atoms with Crippen molar-refractivity contribution in [3.05, 3.63) is 65.4 Å². The number of carbonyl (C=O) groups excluding carboxylic acids is 1. The molecule has 0 fully saturated rings. The van der Waals surface area contributed by atoms with Crippen LogP contribution < -0.4 is 10.5 Å². The lowest BCUT2D eigenvalue weighted by molar-refractivity contribution is -0.137. The second kappa shape index (κ2) is 6.83. The Labute approximate surface area is 153 Å². The van der Waals surface area contributed by atoms with Crippen LogP contribution in [-0.4, -0.2) is 18.0 Å². The number of H-pyrrole nitrogens is 1. The van der Waals surface area contributed by atoms with Gasteiger partial charge in [0.2, 0.25) is 0 Å². The average molecular weight is 374 g/mol. The Morgan fingerprint density at radius 1 is 1.04 bits per heavy atom. The van der Waals surface area contributed by atoms with Gasteiger partial charge in [-0.2, -0.15) is 13.2 Å². The number of aryl methyl sites for hydroxylation is 1. The summed E-state index contributed by atoms with van der Waals surface area (Å²) < 4.78 is 43.6. The van der Waals surface area contributed by atoms with Crippen LogP contribution in [0.2, 0.25) is 0 Å². The molecule has 0 radical (unpaired) electrons. The summed E-state index contributed by atoms with van der Waals surface area (Å²) in [5.41, 5.74) is 8.39. The van der Waals surface area contributed by atoms with Crippen molar-refractivity contribution >= 4 is 5.91 Å². The Hall–Kier alpha value is -3.22. The van der Waals surface area contributed by atoms with Crippen LogP contribution in [0, 0.1) is 6.92 Å². The van der Waals surface area contributed by atoms with Crippen LogP contribution in [0.3, 0.4) is 0 Å². The first-order valence-corrected chi connectivity index (χ1v) is 8.06. The highest BCUT2D eigenvalue weighted by Gasteiger charge is 2.30. The van der Waals surface area contributed by atoms with E-state index < -0.39 is 17.6 Å². The summed E-state index contributed by atoms with van der Waals surface area (Å²) in [5, 5.41) is 0. The van der Waals surface area contributed by atoms with E-state index in [0.29, 0.717) is 39.4 Å². The quantitative estimate of drug-likeness (QED) is 0.690. The smallest absolute Gasteiger partial charge is 0.416 e. The molecule has 7 heteroatoms. The molecule has 3 aromatic rings. The Kier molecular flexibility index (Phi) is 4.70. The molecule has 3 rings (SSSR count).